The van der Waals surface area contributed by atoms with Crippen LogP contribution >= 0.6 is 0 Å². The number of piperazine rings is 1. The molecule has 4 N–H and O–H groups in total. The van der Waals surface area contributed by atoms with Crippen molar-refractivity contribution in [2.24, 2.45) is 0 Å². The molecule has 238 valence electrons. The number of terminal acetylenes is 1. The number of benzene rings is 3. The lowest BCUT2D eigenvalue weighted by Gasteiger charge is -2.34. The van der Waals surface area contributed by atoms with E-state index in [4.69, 9.17) is 16.9 Å². The summed E-state index contributed by atoms with van der Waals surface area (Å²) in [6, 6.07) is 13.5. The number of carbonyl (C=O) groups is 1. The van der Waals surface area contributed by atoms with Crippen molar-refractivity contribution in [1.82, 2.24) is 20.3 Å². The molecule has 0 spiro atoms. The summed E-state index contributed by atoms with van der Waals surface area (Å²) in [5, 5.41) is 7.82. The minimum atomic E-state index is -4.88. The molecule has 3 aromatic carbocycles. The van der Waals surface area contributed by atoms with Crippen LogP contribution < -0.4 is 26.0 Å². The van der Waals surface area contributed by atoms with Gasteiger partial charge in [0.15, 0.2) is 12.4 Å². The van der Waals surface area contributed by atoms with Crippen LogP contribution in [-0.2, 0) is 15.0 Å². The molecule has 5 aromatic rings. The van der Waals surface area contributed by atoms with Gasteiger partial charge < -0.3 is 26.0 Å². The van der Waals surface area contributed by atoms with E-state index in [9.17, 15) is 17.1 Å². The SMILES string of the molecule is C#Cc1cccc2cc(N)cc(-c3ncc4c(N5C[C@H]6CC[C@@H](C5)N6)nc(OCC(=O)Nc5ccc(S(=O)(=O)F)cc5)nc4c3F)c12. The molecule has 2 aromatic heterocycles. The number of hydrogen-bond acceptors (Lipinski definition) is 10. The molecule has 47 heavy (non-hydrogen) atoms. The molecular formula is C33H27F2N7O4S. The number of pyridine rings is 1. The fourth-order valence-electron chi connectivity index (χ4n) is 6.27. The van der Waals surface area contributed by atoms with Crippen molar-refractivity contribution in [3.63, 3.8) is 0 Å². The number of amides is 1. The van der Waals surface area contributed by atoms with Crippen molar-refractivity contribution in [3.05, 3.63) is 72.2 Å². The van der Waals surface area contributed by atoms with E-state index in [-0.39, 0.29) is 35.0 Å². The van der Waals surface area contributed by atoms with Crippen LogP contribution in [0.1, 0.15) is 18.4 Å². The van der Waals surface area contributed by atoms with Gasteiger partial charge in [0, 0.05) is 59.3 Å². The molecular weight excluding hydrogens is 628 g/mol. The van der Waals surface area contributed by atoms with Gasteiger partial charge in [0.25, 0.3) is 5.91 Å². The number of halogens is 2. The zero-order valence-electron chi connectivity index (χ0n) is 24.7. The average Bonchev–Trinajstić information content (AvgIpc) is 3.39. The molecule has 2 saturated heterocycles. The number of rotatable bonds is 7. The Hall–Kier alpha value is -5.39. The van der Waals surface area contributed by atoms with Crippen LogP contribution in [-0.4, -0.2) is 61.1 Å². The molecule has 4 heterocycles. The average molecular weight is 656 g/mol. The standard InChI is InChI=1S/C33H27F2N7O4S/c1-2-18-4-3-5-19-12-20(36)13-25(28(18)19)30-29(34)31-26(14-37-30)32(42-15-22-6-7-23(16-42)38-22)41-33(40-31)46-17-27(43)39-21-8-10-24(11-9-21)47(35,44)45/h1,3-5,8-14,22-23,38H,6-7,15-17,36H2,(H,39,43)/t22-,23+. The maximum absolute atomic E-state index is 16.7. The molecule has 2 aliphatic heterocycles. The first kappa shape index (κ1) is 30.3. The molecule has 0 radical (unpaired) electrons. The van der Waals surface area contributed by atoms with Gasteiger partial charge >= 0.3 is 16.2 Å². The summed E-state index contributed by atoms with van der Waals surface area (Å²) in [5.41, 5.74) is 7.70. The molecule has 11 nitrogen and oxygen atoms in total. The number of nitrogens with one attached hydrogen (secondary N) is 2. The van der Waals surface area contributed by atoms with Crippen molar-refractivity contribution in [3.8, 4) is 29.6 Å². The quantitative estimate of drug-likeness (QED) is 0.132. The number of anilines is 3. The fourth-order valence-corrected chi connectivity index (χ4v) is 6.73. The van der Waals surface area contributed by atoms with Gasteiger partial charge in [0.1, 0.15) is 17.0 Å². The zero-order chi connectivity index (χ0) is 32.9. The van der Waals surface area contributed by atoms with E-state index < -0.39 is 33.4 Å². The van der Waals surface area contributed by atoms with E-state index in [1.807, 2.05) is 11.0 Å². The molecule has 0 aliphatic carbocycles. The van der Waals surface area contributed by atoms with Gasteiger partial charge in [-0.05, 0) is 60.7 Å². The molecule has 2 atom stereocenters. The zero-order valence-corrected chi connectivity index (χ0v) is 25.5. The third kappa shape index (κ3) is 5.86. The van der Waals surface area contributed by atoms with Gasteiger partial charge in [-0.2, -0.15) is 18.4 Å². The van der Waals surface area contributed by atoms with Crippen LogP contribution in [0.5, 0.6) is 6.01 Å². The lowest BCUT2D eigenvalue weighted by molar-refractivity contribution is -0.118. The summed E-state index contributed by atoms with van der Waals surface area (Å²) in [6.45, 7) is 0.704. The number of nitrogen functional groups attached to an aromatic ring is 1. The van der Waals surface area contributed by atoms with Crippen LogP contribution in [0.4, 0.5) is 25.5 Å². The van der Waals surface area contributed by atoms with E-state index in [0.717, 1.165) is 30.4 Å². The third-order valence-corrected chi connectivity index (χ3v) is 9.16. The van der Waals surface area contributed by atoms with Crippen LogP contribution in [0, 0.1) is 18.2 Å². The largest absolute Gasteiger partial charge is 0.453 e. The lowest BCUT2D eigenvalue weighted by Crippen LogP contribution is -2.51. The van der Waals surface area contributed by atoms with Gasteiger partial charge in [-0.15, -0.1) is 10.3 Å². The van der Waals surface area contributed by atoms with Crippen molar-refractivity contribution >= 4 is 55.0 Å². The maximum atomic E-state index is 16.7. The van der Waals surface area contributed by atoms with Crippen LogP contribution in [0.25, 0.3) is 32.9 Å². The third-order valence-electron chi connectivity index (χ3n) is 8.32. The Labute approximate surface area is 268 Å². The highest BCUT2D eigenvalue weighted by atomic mass is 32.3. The normalized spacial score (nSPS) is 17.5. The van der Waals surface area contributed by atoms with Crippen LogP contribution in [0.2, 0.25) is 0 Å². The number of carbonyl (C=O) groups excluding carboxylic acids is 1. The summed E-state index contributed by atoms with van der Waals surface area (Å²) in [5.74, 6) is 1.71. The highest BCUT2D eigenvalue weighted by Gasteiger charge is 2.34. The van der Waals surface area contributed by atoms with Crippen LogP contribution in [0.3, 0.4) is 0 Å². The highest BCUT2D eigenvalue weighted by Crippen LogP contribution is 2.38. The second-order valence-corrected chi connectivity index (χ2v) is 12.8. The van der Waals surface area contributed by atoms with E-state index in [1.54, 1.807) is 24.3 Å². The van der Waals surface area contributed by atoms with Crippen molar-refractivity contribution in [2.45, 2.75) is 29.8 Å². The summed E-state index contributed by atoms with van der Waals surface area (Å²) in [6.07, 6.45) is 9.33. The first-order valence-corrected chi connectivity index (χ1v) is 16.1. The first-order chi connectivity index (χ1) is 22.6. The Morgan fingerprint density at radius 1 is 1.13 bits per heavy atom. The van der Waals surface area contributed by atoms with Gasteiger partial charge in [0.05, 0.1) is 10.3 Å². The second-order valence-electron chi connectivity index (χ2n) is 11.5. The van der Waals surface area contributed by atoms with Crippen molar-refractivity contribution < 1.29 is 26.2 Å². The van der Waals surface area contributed by atoms with Gasteiger partial charge in [0.2, 0.25) is 0 Å². The summed E-state index contributed by atoms with van der Waals surface area (Å²) in [4.78, 5) is 27.7. The molecule has 7 rings (SSSR count). The minimum Gasteiger partial charge on any atom is -0.453 e. The Kier molecular flexibility index (Phi) is 7.57. The Morgan fingerprint density at radius 3 is 2.57 bits per heavy atom. The monoisotopic (exact) mass is 655 g/mol. The van der Waals surface area contributed by atoms with Gasteiger partial charge in [-0.1, -0.05) is 18.1 Å². The number of hydrogen-bond donors (Lipinski definition) is 3. The van der Waals surface area contributed by atoms with E-state index in [0.29, 0.717) is 46.5 Å². The topological polar surface area (TPSA) is 152 Å². The number of nitrogens with two attached hydrogens (primary N) is 1. The molecule has 2 aliphatic rings. The van der Waals surface area contributed by atoms with Crippen molar-refractivity contribution in [1.29, 1.82) is 0 Å². The Morgan fingerprint density at radius 2 is 1.87 bits per heavy atom. The van der Waals surface area contributed by atoms with Gasteiger partial charge in [-0.25, -0.2) is 4.39 Å². The lowest BCUT2D eigenvalue weighted by atomic mass is 9.96. The van der Waals surface area contributed by atoms with E-state index >= 15 is 4.39 Å². The predicted octanol–water partition coefficient (Wildman–Crippen LogP) is 4.16. The molecule has 0 saturated carbocycles. The maximum Gasteiger partial charge on any atom is 0.332 e. The van der Waals surface area contributed by atoms with Crippen LogP contribution in [0.15, 0.2) is 65.7 Å². The molecule has 2 fully saturated rings. The summed E-state index contributed by atoms with van der Waals surface area (Å²) < 4.78 is 57.7. The fraction of sp³-hybridized carbons (Fsp3) is 0.212. The van der Waals surface area contributed by atoms with Gasteiger partial charge in [-0.3, -0.25) is 9.78 Å². The summed E-state index contributed by atoms with van der Waals surface area (Å²) in [7, 11) is -4.88. The number of nitrogens with zero attached hydrogens (tertiary/aromatic N) is 4. The molecule has 14 heteroatoms. The molecule has 2 bridgehead atoms. The predicted molar refractivity (Wildman–Crippen MR) is 174 cm³/mol. The Bertz CT molecular complexity index is 2210. The smallest absolute Gasteiger partial charge is 0.332 e. The van der Waals surface area contributed by atoms with E-state index in [1.165, 1.54) is 18.3 Å². The summed E-state index contributed by atoms with van der Waals surface area (Å²) >= 11 is 0. The van der Waals surface area contributed by atoms with Crippen molar-refractivity contribution in [2.75, 3.05) is 35.6 Å². The number of aromatic nitrogens is 3. The highest BCUT2D eigenvalue weighted by molar-refractivity contribution is 7.86. The number of fused-ring (bicyclic) bond motifs is 4. The number of ether oxygens (including phenoxy) is 1. The molecule has 1 amide bonds. The minimum absolute atomic E-state index is 0.00929. The Balaban J connectivity index is 1.27. The second kappa shape index (κ2) is 11.8. The van der Waals surface area contributed by atoms with E-state index in [2.05, 4.69) is 31.5 Å². The first-order valence-electron chi connectivity index (χ1n) is 14.7. The molecule has 0 unspecified atom stereocenters.